The van der Waals surface area contributed by atoms with Crippen LogP contribution in [0.3, 0.4) is 0 Å². The maximum absolute atomic E-state index is 13.0. The van der Waals surface area contributed by atoms with E-state index in [2.05, 4.69) is 9.72 Å². The molecule has 0 aliphatic carbocycles. The zero-order chi connectivity index (χ0) is 23.2. The molecule has 3 aromatic rings. The highest BCUT2D eigenvalue weighted by atomic mass is 32.2. The Morgan fingerprint density at radius 3 is 2.23 bits per heavy atom. The molecule has 0 radical (unpaired) electrons. The molecule has 1 aromatic heterocycles. The maximum atomic E-state index is 13.0. The number of sulfone groups is 1. The van der Waals surface area contributed by atoms with Crippen LogP contribution >= 0.6 is 11.3 Å². The van der Waals surface area contributed by atoms with Crippen LogP contribution in [0.5, 0.6) is 5.75 Å². The van der Waals surface area contributed by atoms with Crippen molar-refractivity contribution in [3.05, 3.63) is 42.5 Å². The Hall–Kier alpha value is -2.66. The van der Waals surface area contributed by atoms with Crippen molar-refractivity contribution >= 4 is 37.4 Å². The first-order valence-corrected chi connectivity index (χ1v) is 11.3. The molecular weight excluding hydrogens is 455 g/mol. The van der Waals surface area contributed by atoms with Gasteiger partial charge in [0.15, 0.2) is 15.1 Å². The van der Waals surface area contributed by atoms with Gasteiger partial charge in [-0.3, -0.25) is 4.79 Å². The van der Waals surface area contributed by atoms with Crippen LogP contribution < -0.4 is 4.74 Å². The second-order valence-corrected chi connectivity index (χ2v) is 10.9. The van der Waals surface area contributed by atoms with Gasteiger partial charge in [0.05, 0.1) is 15.1 Å². The van der Waals surface area contributed by atoms with E-state index in [4.69, 9.17) is 0 Å². The summed E-state index contributed by atoms with van der Waals surface area (Å²) in [5.41, 5.74) is -0.0194. The normalized spacial score (nSPS) is 13.9. The number of alkyl halides is 3. The van der Waals surface area contributed by atoms with E-state index >= 15 is 0 Å². The Bertz CT molecular complexity index is 1230. The lowest BCUT2D eigenvalue weighted by molar-refractivity contribution is -0.274. The number of hydrogen-bond donors (Lipinski definition) is 1. The molecule has 0 aliphatic rings. The first-order chi connectivity index (χ1) is 14.2. The van der Waals surface area contributed by atoms with Crippen molar-refractivity contribution in [2.75, 3.05) is 0 Å². The third-order valence-electron chi connectivity index (χ3n) is 4.34. The summed E-state index contributed by atoms with van der Waals surface area (Å²) < 4.78 is 67.2. The van der Waals surface area contributed by atoms with Gasteiger partial charge in [0, 0.05) is 5.56 Å². The molecule has 0 saturated heterocycles. The van der Waals surface area contributed by atoms with Gasteiger partial charge in [-0.1, -0.05) is 20.8 Å². The lowest BCUT2D eigenvalue weighted by atomic mass is 9.92. The SMILES string of the molecule is CC(C)(C)C(C(=O)O)S(=O)(=O)c1ccc2nc(-c3ccc(OC(F)(F)F)cc3)sc2c1. The number of rotatable bonds is 5. The first-order valence-electron chi connectivity index (χ1n) is 8.92. The van der Waals surface area contributed by atoms with Gasteiger partial charge in [-0.2, -0.15) is 0 Å². The Morgan fingerprint density at radius 1 is 1.10 bits per heavy atom. The van der Waals surface area contributed by atoms with Gasteiger partial charge in [0.1, 0.15) is 10.8 Å². The van der Waals surface area contributed by atoms with Crippen LogP contribution in [0.2, 0.25) is 0 Å². The Labute approximate surface area is 180 Å². The number of thiazole rings is 1. The second kappa shape index (κ2) is 7.79. The van der Waals surface area contributed by atoms with E-state index in [9.17, 15) is 31.5 Å². The van der Waals surface area contributed by atoms with Gasteiger partial charge >= 0.3 is 12.3 Å². The number of nitrogens with zero attached hydrogens (tertiary/aromatic N) is 1. The maximum Gasteiger partial charge on any atom is 0.573 e. The molecule has 1 unspecified atom stereocenters. The number of ether oxygens (including phenoxy) is 1. The van der Waals surface area contributed by atoms with Crippen LogP contribution in [0, 0.1) is 5.41 Å². The molecule has 1 heterocycles. The van der Waals surface area contributed by atoms with E-state index in [0.717, 1.165) is 23.5 Å². The van der Waals surface area contributed by atoms with Crippen molar-refractivity contribution in [1.29, 1.82) is 0 Å². The molecule has 31 heavy (non-hydrogen) atoms. The number of carbonyl (C=O) groups is 1. The number of hydrogen-bond acceptors (Lipinski definition) is 6. The minimum atomic E-state index is -4.79. The quantitative estimate of drug-likeness (QED) is 0.552. The van der Waals surface area contributed by atoms with Crippen molar-refractivity contribution in [1.82, 2.24) is 4.98 Å². The Kier molecular flexibility index (Phi) is 5.78. The van der Waals surface area contributed by atoms with Crippen molar-refractivity contribution in [3.8, 4) is 16.3 Å². The average molecular weight is 473 g/mol. The van der Waals surface area contributed by atoms with Crippen LogP contribution in [0.1, 0.15) is 20.8 Å². The molecule has 0 spiro atoms. The van der Waals surface area contributed by atoms with Crippen LogP contribution in [0.25, 0.3) is 20.8 Å². The number of fused-ring (bicyclic) bond motifs is 1. The summed E-state index contributed by atoms with van der Waals surface area (Å²) in [4.78, 5) is 15.9. The molecule has 166 valence electrons. The molecule has 11 heteroatoms. The highest BCUT2D eigenvalue weighted by Crippen LogP contribution is 2.36. The standard InChI is InChI=1S/C20H18F3NO5S2/c1-19(2,3)16(18(25)26)31(27,28)13-8-9-14-15(10-13)30-17(24-14)11-4-6-12(7-5-11)29-20(21,22)23/h4-10,16H,1-3H3,(H,25,26). The number of aliphatic carboxylic acids is 1. The third kappa shape index (κ3) is 4.99. The topological polar surface area (TPSA) is 93.6 Å². The molecule has 1 atom stereocenters. The van der Waals surface area contributed by atoms with E-state index < -0.39 is 32.8 Å². The summed E-state index contributed by atoms with van der Waals surface area (Å²) in [6.07, 6.45) is -4.79. The van der Waals surface area contributed by atoms with Crippen molar-refractivity contribution in [3.63, 3.8) is 0 Å². The molecule has 0 amide bonds. The van der Waals surface area contributed by atoms with E-state index in [1.165, 1.54) is 30.3 Å². The van der Waals surface area contributed by atoms with Gasteiger partial charge < -0.3 is 9.84 Å². The van der Waals surface area contributed by atoms with Crippen LogP contribution in [0.15, 0.2) is 47.4 Å². The van der Waals surface area contributed by atoms with Crippen molar-refractivity contribution in [2.45, 2.75) is 37.3 Å². The lowest BCUT2D eigenvalue weighted by Crippen LogP contribution is -2.41. The molecule has 1 N–H and O–H groups in total. The lowest BCUT2D eigenvalue weighted by Gasteiger charge is -2.26. The average Bonchev–Trinajstić information content (AvgIpc) is 3.02. The largest absolute Gasteiger partial charge is 0.573 e. The minimum absolute atomic E-state index is 0.133. The van der Waals surface area contributed by atoms with Gasteiger partial charge in [-0.05, 0) is 47.9 Å². The Morgan fingerprint density at radius 2 is 1.71 bits per heavy atom. The van der Waals surface area contributed by atoms with E-state index in [1.807, 2.05) is 0 Å². The molecular formula is C20H18F3NO5S2. The van der Waals surface area contributed by atoms with Gasteiger partial charge in [0.2, 0.25) is 0 Å². The predicted molar refractivity (Wildman–Crippen MR) is 110 cm³/mol. The highest BCUT2D eigenvalue weighted by Gasteiger charge is 2.43. The summed E-state index contributed by atoms with van der Waals surface area (Å²) >= 11 is 1.14. The minimum Gasteiger partial charge on any atom is -0.480 e. The molecule has 6 nitrogen and oxygen atoms in total. The number of carboxylic acids is 1. The summed E-state index contributed by atoms with van der Waals surface area (Å²) in [6.45, 7) is 4.62. The van der Waals surface area contributed by atoms with E-state index in [0.29, 0.717) is 20.8 Å². The van der Waals surface area contributed by atoms with Crippen LogP contribution in [-0.4, -0.2) is 36.1 Å². The van der Waals surface area contributed by atoms with Gasteiger partial charge in [0.25, 0.3) is 0 Å². The number of benzene rings is 2. The van der Waals surface area contributed by atoms with Crippen molar-refractivity contribution in [2.24, 2.45) is 5.41 Å². The molecule has 0 fully saturated rings. The number of carboxylic acid groups (broad SMARTS) is 1. The third-order valence-corrected chi connectivity index (χ3v) is 7.85. The monoisotopic (exact) mass is 473 g/mol. The number of aromatic nitrogens is 1. The fourth-order valence-corrected chi connectivity index (χ4v) is 6.20. The fraction of sp³-hybridized carbons (Fsp3) is 0.300. The van der Waals surface area contributed by atoms with Crippen molar-refractivity contribution < 1.29 is 36.2 Å². The predicted octanol–water partition coefficient (Wildman–Crippen LogP) is 5.13. The molecule has 0 aliphatic heterocycles. The summed E-state index contributed by atoms with van der Waals surface area (Å²) in [5, 5.41) is 8.33. The first kappa shape index (κ1) is 23.0. The van der Waals surface area contributed by atoms with E-state index in [1.54, 1.807) is 20.8 Å². The highest BCUT2D eigenvalue weighted by molar-refractivity contribution is 7.92. The zero-order valence-electron chi connectivity index (χ0n) is 16.6. The summed E-state index contributed by atoms with van der Waals surface area (Å²) in [5.74, 6) is -1.80. The summed E-state index contributed by atoms with van der Waals surface area (Å²) in [7, 11) is -4.17. The number of halogens is 3. The van der Waals surface area contributed by atoms with Gasteiger partial charge in [-0.25, -0.2) is 13.4 Å². The zero-order valence-corrected chi connectivity index (χ0v) is 18.2. The smallest absolute Gasteiger partial charge is 0.480 e. The van der Waals surface area contributed by atoms with Crippen LogP contribution in [0.4, 0.5) is 13.2 Å². The molecule has 0 bridgehead atoms. The molecule has 0 saturated carbocycles. The fourth-order valence-electron chi connectivity index (χ4n) is 3.11. The van der Waals surface area contributed by atoms with Gasteiger partial charge in [-0.15, -0.1) is 24.5 Å². The Balaban J connectivity index is 1.98. The van der Waals surface area contributed by atoms with Crippen LogP contribution in [-0.2, 0) is 14.6 Å². The summed E-state index contributed by atoms with van der Waals surface area (Å²) in [6, 6.07) is 9.30. The molecule has 2 aromatic carbocycles. The molecule has 3 rings (SSSR count). The van der Waals surface area contributed by atoms with E-state index in [-0.39, 0.29) is 10.6 Å². The second-order valence-electron chi connectivity index (χ2n) is 7.85.